The van der Waals surface area contributed by atoms with Crippen LogP contribution in [0.2, 0.25) is 6.04 Å². The van der Waals surface area contributed by atoms with Crippen molar-refractivity contribution in [2.45, 2.75) is 6.04 Å². The molecule has 26 heavy (non-hydrogen) atoms. The second-order valence-corrected chi connectivity index (χ2v) is 8.59. The minimum atomic E-state index is -2.91. The average Bonchev–Trinajstić information content (AvgIpc) is 2.71. The molecule has 2 N–H and O–H groups in total. The lowest BCUT2D eigenvalue weighted by Crippen LogP contribution is -2.46. The molecule has 0 heterocycles. The molecule has 0 atom stereocenters. The van der Waals surface area contributed by atoms with Gasteiger partial charge in [0, 0.05) is 37.0 Å². The summed E-state index contributed by atoms with van der Waals surface area (Å²) in [5.41, 5.74) is 7.14. The number of nitrogens with two attached hydrogens (primary N) is 1. The van der Waals surface area contributed by atoms with Crippen LogP contribution in [-0.2, 0) is 13.3 Å². The fraction of sp³-hybridized carbons (Fsp3) is 0.263. The van der Waals surface area contributed by atoms with E-state index < -0.39 is 8.80 Å². The number of benzene rings is 2. The fourth-order valence-electron chi connectivity index (χ4n) is 2.48. The van der Waals surface area contributed by atoms with Gasteiger partial charge in [-0.15, -0.1) is 0 Å². The molecule has 138 valence electrons. The second-order valence-electron chi connectivity index (χ2n) is 5.61. The highest BCUT2D eigenvalue weighted by Gasteiger charge is 2.38. The maximum atomic E-state index is 12.4. The molecule has 0 saturated carbocycles. The lowest BCUT2D eigenvalue weighted by molar-refractivity contribution is 0.0728. The van der Waals surface area contributed by atoms with Crippen LogP contribution in [0.1, 0.15) is 26.3 Å². The Morgan fingerprint density at radius 1 is 0.885 bits per heavy atom. The Balaban J connectivity index is 2.03. The molecule has 0 aliphatic carbocycles. The summed E-state index contributed by atoms with van der Waals surface area (Å²) >= 11 is 0. The van der Waals surface area contributed by atoms with Crippen LogP contribution in [0.25, 0.3) is 0 Å². The summed E-state index contributed by atoms with van der Waals surface area (Å²) in [6.45, 7) is 0.179. The smallest absolute Gasteiger partial charge is 0.377 e. The molecular formula is C19H23NO5Si. The van der Waals surface area contributed by atoms with E-state index in [1.54, 1.807) is 36.4 Å². The van der Waals surface area contributed by atoms with Gasteiger partial charge in [-0.25, -0.2) is 0 Å². The first-order valence-corrected chi connectivity index (χ1v) is 10.2. The Morgan fingerprint density at radius 3 is 1.96 bits per heavy atom. The minimum Gasteiger partial charge on any atom is -0.377 e. The van der Waals surface area contributed by atoms with Gasteiger partial charge in [-0.2, -0.15) is 0 Å². The fourth-order valence-corrected chi connectivity index (χ4v) is 4.14. The maximum Gasteiger partial charge on any atom is 0.502 e. The van der Waals surface area contributed by atoms with Crippen molar-refractivity contribution in [3.05, 3.63) is 71.3 Å². The van der Waals surface area contributed by atoms with E-state index in [0.717, 1.165) is 0 Å². The second kappa shape index (κ2) is 9.51. The third-order valence-electron chi connectivity index (χ3n) is 4.00. The highest BCUT2D eigenvalue weighted by molar-refractivity contribution is 6.60. The van der Waals surface area contributed by atoms with E-state index in [0.29, 0.717) is 29.3 Å². The molecule has 2 aromatic carbocycles. The molecule has 7 heteroatoms. The van der Waals surface area contributed by atoms with Gasteiger partial charge >= 0.3 is 8.80 Å². The third kappa shape index (κ3) is 4.93. The van der Waals surface area contributed by atoms with Crippen molar-refractivity contribution in [1.29, 1.82) is 0 Å². The molecule has 2 rings (SSSR count). The lowest BCUT2D eigenvalue weighted by atomic mass is 10.0. The van der Waals surface area contributed by atoms with Gasteiger partial charge in [0.25, 0.3) is 0 Å². The SMILES string of the molecule is CO[Si](CCN)(OC)OCC(=O)c1ccc(C(=O)c2ccccc2)cc1. The van der Waals surface area contributed by atoms with E-state index in [4.69, 9.17) is 19.0 Å². The molecule has 0 bridgehead atoms. The van der Waals surface area contributed by atoms with Crippen molar-refractivity contribution in [1.82, 2.24) is 0 Å². The lowest BCUT2D eigenvalue weighted by Gasteiger charge is -2.25. The molecule has 0 amide bonds. The molecule has 0 spiro atoms. The van der Waals surface area contributed by atoms with Crippen molar-refractivity contribution in [3.63, 3.8) is 0 Å². The van der Waals surface area contributed by atoms with Crippen LogP contribution >= 0.6 is 0 Å². The van der Waals surface area contributed by atoms with Gasteiger partial charge in [0.1, 0.15) is 6.61 Å². The van der Waals surface area contributed by atoms with Crippen LogP contribution in [0.3, 0.4) is 0 Å². The van der Waals surface area contributed by atoms with Crippen molar-refractivity contribution in [3.8, 4) is 0 Å². The van der Waals surface area contributed by atoms with Crippen molar-refractivity contribution >= 4 is 20.4 Å². The Bertz CT molecular complexity index is 729. The number of hydrogen-bond donors (Lipinski definition) is 1. The largest absolute Gasteiger partial charge is 0.502 e. The summed E-state index contributed by atoms with van der Waals surface area (Å²) < 4.78 is 16.3. The highest BCUT2D eigenvalue weighted by atomic mass is 28.4. The van der Waals surface area contributed by atoms with Crippen LogP contribution in [0.15, 0.2) is 54.6 Å². The standard InChI is InChI=1S/C19H23NO5Si/c1-23-26(24-2,13-12-20)25-14-18(21)15-8-10-17(11-9-15)19(22)16-6-4-3-5-7-16/h3-11H,12-14,20H2,1-2H3. The third-order valence-corrected chi connectivity index (χ3v) is 6.73. The van der Waals surface area contributed by atoms with Gasteiger partial charge in [-0.3, -0.25) is 9.59 Å². The van der Waals surface area contributed by atoms with Gasteiger partial charge < -0.3 is 19.0 Å². The zero-order chi connectivity index (χ0) is 19.0. The monoisotopic (exact) mass is 373 g/mol. The van der Waals surface area contributed by atoms with E-state index in [9.17, 15) is 9.59 Å². The Hall–Kier alpha value is -2.16. The minimum absolute atomic E-state index is 0.0889. The molecule has 0 aliphatic rings. The summed E-state index contributed by atoms with van der Waals surface area (Å²) in [4.78, 5) is 24.7. The van der Waals surface area contributed by atoms with E-state index in [2.05, 4.69) is 0 Å². The first kappa shape index (κ1) is 20.2. The van der Waals surface area contributed by atoms with Gasteiger partial charge in [0.05, 0.1) is 0 Å². The van der Waals surface area contributed by atoms with E-state index in [-0.39, 0.29) is 18.2 Å². The average molecular weight is 373 g/mol. The quantitative estimate of drug-likeness (QED) is 0.508. The van der Waals surface area contributed by atoms with Gasteiger partial charge in [-0.1, -0.05) is 54.6 Å². The summed E-state index contributed by atoms with van der Waals surface area (Å²) in [7, 11) is 0.0600. The Morgan fingerprint density at radius 2 is 1.42 bits per heavy atom. The zero-order valence-corrected chi connectivity index (χ0v) is 15.9. The molecule has 0 saturated heterocycles. The van der Waals surface area contributed by atoms with Crippen molar-refractivity contribution in [2.24, 2.45) is 5.73 Å². The highest BCUT2D eigenvalue weighted by Crippen LogP contribution is 2.15. The molecular weight excluding hydrogens is 350 g/mol. The maximum absolute atomic E-state index is 12.4. The summed E-state index contributed by atoms with van der Waals surface area (Å²) in [5.74, 6) is -0.305. The van der Waals surface area contributed by atoms with Crippen molar-refractivity contribution < 1.29 is 22.9 Å². The van der Waals surface area contributed by atoms with Crippen LogP contribution in [0.5, 0.6) is 0 Å². The van der Waals surface area contributed by atoms with Crippen LogP contribution in [-0.4, -0.2) is 47.7 Å². The zero-order valence-electron chi connectivity index (χ0n) is 14.9. The Kier molecular flexibility index (Phi) is 7.37. The topological polar surface area (TPSA) is 87.8 Å². The predicted octanol–water partition coefficient (Wildman–Crippen LogP) is 2.31. The summed E-state index contributed by atoms with van der Waals surface area (Å²) in [5, 5.41) is 0. The number of ketones is 2. The van der Waals surface area contributed by atoms with E-state index in [1.807, 2.05) is 18.2 Å². The normalized spacial score (nSPS) is 11.3. The van der Waals surface area contributed by atoms with Crippen LogP contribution in [0.4, 0.5) is 0 Å². The summed E-state index contributed by atoms with van der Waals surface area (Å²) in [6, 6.07) is 15.9. The number of hydrogen-bond acceptors (Lipinski definition) is 6. The molecule has 0 fully saturated rings. The first-order valence-electron chi connectivity index (χ1n) is 8.22. The summed E-state index contributed by atoms with van der Waals surface area (Å²) in [6.07, 6.45) is 0. The van der Waals surface area contributed by atoms with E-state index >= 15 is 0 Å². The number of rotatable bonds is 10. The molecule has 0 aliphatic heterocycles. The molecule has 0 aromatic heterocycles. The number of Topliss-reactive ketones (excluding diaryl/α,β-unsaturated/α-hetero) is 1. The van der Waals surface area contributed by atoms with Gasteiger partial charge in [-0.05, 0) is 6.54 Å². The first-order chi connectivity index (χ1) is 12.5. The van der Waals surface area contributed by atoms with Crippen molar-refractivity contribution in [2.75, 3.05) is 27.4 Å². The van der Waals surface area contributed by atoms with Gasteiger partial charge in [0.2, 0.25) is 0 Å². The number of carbonyl (C=O) groups excluding carboxylic acids is 2. The van der Waals surface area contributed by atoms with E-state index in [1.165, 1.54) is 14.2 Å². The van der Waals surface area contributed by atoms with Crippen LogP contribution < -0.4 is 5.73 Å². The van der Waals surface area contributed by atoms with Crippen LogP contribution in [0, 0.1) is 0 Å². The number of carbonyl (C=O) groups is 2. The predicted molar refractivity (Wildman–Crippen MR) is 100 cm³/mol. The molecule has 6 nitrogen and oxygen atoms in total. The molecule has 0 unspecified atom stereocenters. The molecule has 2 aromatic rings. The Labute approximate surface area is 154 Å². The van der Waals surface area contributed by atoms with Gasteiger partial charge in [0.15, 0.2) is 11.6 Å². The molecule has 0 radical (unpaired) electrons.